The van der Waals surface area contributed by atoms with Crippen LogP contribution in [0.3, 0.4) is 0 Å². The number of carbonyl (C=O) groups excluding carboxylic acids is 1. The summed E-state index contributed by atoms with van der Waals surface area (Å²) in [6.45, 7) is 3.51. The molecule has 0 unspecified atom stereocenters. The summed E-state index contributed by atoms with van der Waals surface area (Å²) >= 11 is 0. The van der Waals surface area contributed by atoms with Crippen molar-refractivity contribution in [1.82, 2.24) is 4.90 Å². The van der Waals surface area contributed by atoms with Crippen molar-refractivity contribution in [3.63, 3.8) is 0 Å². The molecule has 0 aliphatic rings. The van der Waals surface area contributed by atoms with Crippen molar-refractivity contribution in [3.8, 4) is 5.75 Å². The molecule has 6 heteroatoms. The minimum atomic E-state index is -4.84. The number of benzene rings is 1. The van der Waals surface area contributed by atoms with Gasteiger partial charge in [-0.05, 0) is 12.1 Å². The number of ketones is 1. The topological polar surface area (TPSA) is 29.5 Å². The van der Waals surface area contributed by atoms with Crippen molar-refractivity contribution in [1.29, 1.82) is 0 Å². The molecule has 0 amide bonds. The number of hydrogen-bond acceptors (Lipinski definition) is 3. The number of likely N-dealkylation sites (N-methyl/N-ethyl adjacent to an activating group) is 1. The minimum Gasteiger partial charge on any atom is -0.405 e. The first kappa shape index (κ1) is 14.1. The Balaban J connectivity index is 3.10. The summed E-state index contributed by atoms with van der Waals surface area (Å²) in [5.74, 6) is -1.14. The summed E-state index contributed by atoms with van der Waals surface area (Å²) in [6.07, 6.45) is -4.84. The first-order valence-corrected chi connectivity index (χ1v) is 4.98. The third kappa shape index (κ3) is 3.51. The molecule has 18 heavy (non-hydrogen) atoms. The maximum absolute atomic E-state index is 12.2. The quantitative estimate of drug-likeness (QED) is 0.615. The molecule has 0 bridgehead atoms. The van der Waals surface area contributed by atoms with Crippen LogP contribution < -0.4 is 4.74 Å². The Kier molecular flexibility index (Phi) is 4.00. The van der Waals surface area contributed by atoms with Crippen LogP contribution in [0, 0.1) is 0 Å². The maximum atomic E-state index is 12.2. The van der Waals surface area contributed by atoms with Crippen LogP contribution >= 0.6 is 0 Å². The van der Waals surface area contributed by atoms with Crippen LogP contribution in [0.5, 0.6) is 5.75 Å². The normalized spacial score (nSPS) is 10.9. The van der Waals surface area contributed by atoms with Gasteiger partial charge in [-0.2, -0.15) is 0 Å². The lowest BCUT2D eigenvalue weighted by Gasteiger charge is -2.17. The molecule has 1 aromatic rings. The molecular formula is C12H12F3NO2. The van der Waals surface area contributed by atoms with Crippen LogP contribution in [0.25, 0.3) is 0 Å². The highest BCUT2D eigenvalue weighted by Gasteiger charge is 2.33. The highest BCUT2D eigenvalue weighted by molar-refractivity contribution is 6.09. The lowest BCUT2D eigenvalue weighted by Crippen LogP contribution is -2.22. The summed E-state index contributed by atoms with van der Waals surface area (Å²) in [7, 11) is 3.15. The van der Waals surface area contributed by atoms with Gasteiger partial charge in [0.05, 0.1) is 11.3 Å². The van der Waals surface area contributed by atoms with E-state index in [0.29, 0.717) is 0 Å². The number of hydrogen-bond donors (Lipinski definition) is 0. The van der Waals surface area contributed by atoms with Gasteiger partial charge in [0, 0.05) is 14.1 Å². The first-order valence-electron chi connectivity index (χ1n) is 4.98. The largest absolute Gasteiger partial charge is 0.573 e. The van der Waals surface area contributed by atoms with E-state index in [-0.39, 0.29) is 11.3 Å². The van der Waals surface area contributed by atoms with Crippen LogP contribution in [-0.4, -0.2) is 31.1 Å². The Morgan fingerprint density at radius 3 is 2.33 bits per heavy atom. The summed E-state index contributed by atoms with van der Waals surface area (Å²) < 4.78 is 40.3. The van der Waals surface area contributed by atoms with E-state index in [0.717, 1.165) is 6.07 Å². The van der Waals surface area contributed by atoms with Crippen molar-refractivity contribution < 1.29 is 22.7 Å². The molecule has 0 aliphatic carbocycles. The zero-order valence-corrected chi connectivity index (χ0v) is 9.91. The number of allylic oxidation sites excluding steroid dienone is 1. The number of alkyl halides is 3. The standard InChI is InChI=1S/C12H12F3NO2/c1-8(16(2)3)11(17)9-6-4-5-7-10(9)18-12(13,14)15/h4-7H,1H2,2-3H3. The van der Waals surface area contributed by atoms with Crippen LogP contribution in [0.15, 0.2) is 36.5 Å². The van der Waals surface area contributed by atoms with Crippen molar-refractivity contribution >= 4 is 5.78 Å². The second kappa shape index (κ2) is 5.12. The highest BCUT2D eigenvalue weighted by Crippen LogP contribution is 2.27. The van der Waals surface area contributed by atoms with Gasteiger partial charge < -0.3 is 9.64 Å². The average Bonchev–Trinajstić information content (AvgIpc) is 2.25. The van der Waals surface area contributed by atoms with Gasteiger partial charge in [0.2, 0.25) is 5.78 Å². The van der Waals surface area contributed by atoms with E-state index in [2.05, 4.69) is 11.3 Å². The Bertz CT molecular complexity index is 467. The van der Waals surface area contributed by atoms with Gasteiger partial charge in [0.25, 0.3) is 0 Å². The van der Waals surface area contributed by atoms with Gasteiger partial charge >= 0.3 is 6.36 Å². The van der Waals surface area contributed by atoms with Gasteiger partial charge in [-0.25, -0.2) is 0 Å². The molecule has 1 rings (SSSR count). The fraction of sp³-hybridized carbons (Fsp3) is 0.250. The molecule has 0 aliphatic heterocycles. The van der Waals surface area contributed by atoms with E-state index < -0.39 is 17.9 Å². The van der Waals surface area contributed by atoms with Gasteiger partial charge in [-0.1, -0.05) is 18.7 Å². The fourth-order valence-corrected chi connectivity index (χ4v) is 1.23. The molecule has 0 fully saturated rings. The van der Waals surface area contributed by atoms with Crippen LogP contribution in [0.4, 0.5) is 13.2 Å². The second-order valence-electron chi connectivity index (χ2n) is 3.71. The predicted octanol–water partition coefficient (Wildman–Crippen LogP) is 2.84. The molecule has 0 saturated carbocycles. The van der Waals surface area contributed by atoms with E-state index in [4.69, 9.17) is 0 Å². The maximum Gasteiger partial charge on any atom is 0.573 e. The van der Waals surface area contributed by atoms with Crippen molar-refractivity contribution in [2.45, 2.75) is 6.36 Å². The van der Waals surface area contributed by atoms with Gasteiger partial charge in [0.1, 0.15) is 5.75 Å². The Morgan fingerprint density at radius 2 is 1.83 bits per heavy atom. The second-order valence-corrected chi connectivity index (χ2v) is 3.71. The molecular weight excluding hydrogens is 247 g/mol. The monoisotopic (exact) mass is 259 g/mol. The average molecular weight is 259 g/mol. The molecule has 3 nitrogen and oxygen atoms in total. The van der Waals surface area contributed by atoms with Crippen molar-refractivity contribution in [3.05, 3.63) is 42.1 Å². The molecule has 1 aromatic carbocycles. The molecule has 0 saturated heterocycles. The van der Waals surface area contributed by atoms with Crippen molar-refractivity contribution in [2.24, 2.45) is 0 Å². The summed E-state index contributed by atoms with van der Waals surface area (Å²) in [5.41, 5.74) is -0.0956. The molecule has 98 valence electrons. The van der Waals surface area contributed by atoms with Crippen LogP contribution in [0.2, 0.25) is 0 Å². The summed E-state index contributed by atoms with van der Waals surface area (Å²) in [6, 6.07) is 5.16. The number of rotatable bonds is 4. The van der Waals surface area contributed by atoms with Gasteiger partial charge in [0.15, 0.2) is 0 Å². The summed E-state index contributed by atoms with van der Waals surface area (Å²) in [5, 5.41) is 0. The summed E-state index contributed by atoms with van der Waals surface area (Å²) in [4.78, 5) is 13.3. The number of halogens is 3. The molecule has 0 radical (unpaired) electrons. The minimum absolute atomic E-state index is 0.0771. The van der Waals surface area contributed by atoms with Crippen molar-refractivity contribution in [2.75, 3.05) is 14.1 Å². The molecule has 0 N–H and O–H groups in total. The third-order valence-electron chi connectivity index (χ3n) is 2.16. The zero-order valence-electron chi connectivity index (χ0n) is 9.91. The fourth-order valence-electron chi connectivity index (χ4n) is 1.23. The van der Waals surface area contributed by atoms with E-state index in [1.54, 1.807) is 14.1 Å². The molecule has 0 heterocycles. The van der Waals surface area contributed by atoms with Crippen LogP contribution in [-0.2, 0) is 0 Å². The van der Waals surface area contributed by atoms with E-state index in [1.165, 1.54) is 23.1 Å². The SMILES string of the molecule is C=C(C(=O)c1ccccc1OC(F)(F)F)N(C)C. The Morgan fingerprint density at radius 1 is 1.28 bits per heavy atom. The lowest BCUT2D eigenvalue weighted by atomic mass is 10.1. The number of ether oxygens (including phenoxy) is 1. The third-order valence-corrected chi connectivity index (χ3v) is 2.16. The number of para-hydroxylation sites is 1. The van der Waals surface area contributed by atoms with E-state index in [9.17, 15) is 18.0 Å². The number of Topliss-reactive ketones (excluding diaryl/α,β-unsaturated/α-hetero) is 1. The van der Waals surface area contributed by atoms with E-state index >= 15 is 0 Å². The molecule has 0 spiro atoms. The molecule has 0 atom stereocenters. The van der Waals surface area contributed by atoms with E-state index in [1.807, 2.05) is 0 Å². The lowest BCUT2D eigenvalue weighted by molar-refractivity contribution is -0.274. The number of nitrogens with zero attached hydrogens (tertiary/aromatic N) is 1. The molecule has 0 aromatic heterocycles. The Hall–Kier alpha value is -1.98. The van der Waals surface area contributed by atoms with Crippen LogP contribution in [0.1, 0.15) is 10.4 Å². The Labute approximate surface area is 102 Å². The number of carbonyl (C=O) groups is 1. The zero-order chi connectivity index (χ0) is 13.9. The predicted molar refractivity (Wildman–Crippen MR) is 60.3 cm³/mol. The first-order chi connectivity index (χ1) is 8.22. The van der Waals surface area contributed by atoms with Gasteiger partial charge in [-0.15, -0.1) is 13.2 Å². The van der Waals surface area contributed by atoms with Gasteiger partial charge in [-0.3, -0.25) is 4.79 Å². The smallest absolute Gasteiger partial charge is 0.405 e. The highest BCUT2D eigenvalue weighted by atomic mass is 19.4.